The molecule has 120 valence electrons. The Kier molecular flexibility index (Phi) is 4.57. The van der Waals surface area contributed by atoms with Gasteiger partial charge in [-0.2, -0.15) is 18.3 Å². The highest BCUT2D eigenvalue weighted by Crippen LogP contribution is 2.32. The molecule has 0 saturated carbocycles. The lowest BCUT2D eigenvalue weighted by Gasteiger charge is -2.09. The molecule has 2 heterocycles. The molecule has 2 rings (SSSR count). The molecular formula is C12H12ClF3N4O2. The number of carbonyl (C=O) groups excluding carboxylic acids is 1. The Balaban J connectivity index is 2.51. The van der Waals surface area contributed by atoms with Gasteiger partial charge in [-0.05, 0) is 13.0 Å². The minimum absolute atomic E-state index is 0.118. The highest BCUT2D eigenvalue weighted by atomic mass is 35.5. The zero-order valence-electron chi connectivity index (χ0n) is 11.7. The predicted octanol–water partition coefficient (Wildman–Crippen LogP) is 2.09. The van der Waals surface area contributed by atoms with E-state index in [9.17, 15) is 18.0 Å². The Labute approximate surface area is 128 Å². The number of nitrogens with zero attached hydrogens (tertiary/aromatic N) is 3. The molecule has 0 unspecified atom stereocenters. The Morgan fingerprint density at radius 2 is 2.18 bits per heavy atom. The van der Waals surface area contributed by atoms with Gasteiger partial charge in [0.2, 0.25) is 0 Å². The van der Waals surface area contributed by atoms with Gasteiger partial charge < -0.3 is 10.1 Å². The second kappa shape index (κ2) is 6.09. The van der Waals surface area contributed by atoms with Crippen molar-refractivity contribution < 1.29 is 22.7 Å². The summed E-state index contributed by atoms with van der Waals surface area (Å²) in [7, 11) is 1.45. The fourth-order valence-electron chi connectivity index (χ4n) is 1.81. The van der Waals surface area contributed by atoms with E-state index in [0.29, 0.717) is 4.52 Å². The lowest BCUT2D eigenvalue weighted by molar-refractivity contribution is -0.142. The highest BCUT2D eigenvalue weighted by Gasteiger charge is 2.36. The molecule has 0 aromatic carbocycles. The van der Waals surface area contributed by atoms with Crippen LogP contribution in [0.5, 0.6) is 0 Å². The number of carbonyl (C=O) groups is 1. The lowest BCUT2D eigenvalue weighted by Crippen LogP contribution is -2.27. The first kappa shape index (κ1) is 16.5. The van der Waals surface area contributed by atoms with Crippen molar-refractivity contribution in [2.75, 3.05) is 20.3 Å². The normalized spacial score (nSPS) is 11.9. The van der Waals surface area contributed by atoms with Gasteiger partial charge in [0, 0.05) is 19.3 Å². The van der Waals surface area contributed by atoms with Crippen LogP contribution in [0.3, 0.4) is 0 Å². The third-order valence-corrected chi connectivity index (χ3v) is 3.11. The fourth-order valence-corrected chi connectivity index (χ4v) is 2.06. The van der Waals surface area contributed by atoms with Gasteiger partial charge >= 0.3 is 6.18 Å². The summed E-state index contributed by atoms with van der Waals surface area (Å²) in [6, 6.07) is 0.836. The van der Waals surface area contributed by atoms with Crippen LogP contribution in [-0.4, -0.2) is 40.8 Å². The number of amides is 1. The first-order valence-electron chi connectivity index (χ1n) is 6.16. The number of halogens is 4. The van der Waals surface area contributed by atoms with E-state index in [4.69, 9.17) is 16.3 Å². The minimum atomic E-state index is -4.65. The highest BCUT2D eigenvalue weighted by molar-refractivity contribution is 6.36. The van der Waals surface area contributed by atoms with Crippen molar-refractivity contribution in [3.05, 3.63) is 28.2 Å². The predicted molar refractivity (Wildman–Crippen MR) is 71.9 cm³/mol. The smallest absolute Gasteiger partial charge is 0.383 e. The molecule has 0 bridgehead atoms. The maximum atomic E-state index is 13.0. The maximum Gasteiger partial charge on any atom is 0.433 e. The van der Waals surface area contributed by atoms with Crippen LogP contribution in [0.25, 0.3) is 5.65 Å². The topological polar surface area (TPSA) is 68.5 Å². The van der Waals surface area contributed by atoms with Crippen LogP contribution in [0.1, 0.15) is 21.9 Å². The van der Waals surface area contributed by atoms with Gasteiger partial charge in [-0.25, -0.2) is 9.50 Å². The molecule has 0 spiro atoms. The molecule has 2 aromatic rings. The molecule has 6 nitrogen and oxygen atoms in total. The van der Waals surface area contributed by atoms with Gasteiger partial charge in [-0.15, -0.1) is 0 Å². The summed E-state index contributed by atoms with van der Waals surface area (Å²) in [4.78, 5) is 15.8. The van der Waals surface area contributed by atoms with E-state index in [-0.39, 0.29) is 35.2 Å². The van der Waals surface area contributed by atoms with Gasteiger partial charge in [-0.3, -0.25) is 4.79 Å². The van der Waals surface area contributed by atoms with Crippen LogP contribution in [0, 0.1) is 6.92 Å². The van der Waals surface area contributed by atoms with E-state index in [1.807, 2.05) is 0 Å². The van der Waals surface area contributed by atoms with Gasteiger partial charge in [0.15, 0.2) is 11.3 Å². The SMILES string of the molecule is COCCNC(=O)c1nn2c(C(F)(F)F)cc(C)nc2c1Cl. The summed E-state index contributed by atoms with van der Waals surface area (Å²) in [5.74, 6) is -0.696. The van der Waals surface area contributed by atoms with Gasteiger partial charge in [0.1, 0.15) is 10.7 Å². The van der Waals surface area contributed by atoms with E-state index >= 15 is 0 Å². The monoisotopic (exact) mass is 336 g/mol. The van der Waals surface area contributed by atoms with Crippen LogP contribution in [0.2, 0.25) is 5.02 Å². The first-order chi connectivity index (χ1) is 10.3. The standard InChI is InChI=1S/C12H12ClF3N4O2/c1-6-5-7(12(14,15)16)20-10(18-6)8(13)9(19-20)11(21)17-3-4-22-2/h5H,3-4H2,1-2H3,(H,17,21). The second-order valence-electron chi connectivity index (χ2n) is 4.43. The second-order valence-corrected chi connectivity index (χ2v) is 4.81. The van der Waals surface area contributed by atoms with Crippen molar-refractivity contribution in [1.29, 1.82) is 0 Å². The number of hydrogen-bond donors (Lipinski definition) is 1. The number of rotatable bonds is 4. The molecule has 0 radical (unpaired) electrons. The van der Waals surface area contributed by atoms with Crippen molar-refractivity contribution in [1.82, 2.24) is 19.9 Å². The minimum Gasteiger partial charge on any atom is -0.383 e. The van der Waals surface area contributed by atoms with Crippen LogP contribution in [-0.2, 0) is 10.9 Å². The van der Waals surface area contributed by atoms with Crippen molar-refractivity contribution in [3.63, 3.8) is 0 Å². The zero-order chi connectivity index (χ0) is 16.5. The van der Waals surface area contributed by atoms with E-state index < -0.39 is 17.8 Å². The summed E-state index contributed by atoms with van der Waals surface area (Å²) < 4.78 is 44.4. The molecule has 0 saturated heterocycles. The largest absolute Gasteiger partial charge is 0.433 e. The summed E-state index contributed by atoms with van der Waals surface area (Å²) in [6.07, 6.45) is -4.65. The zero-order valence-corrected chi connectivity index (χ0v) is 12.4. The number of alkyl halides is 3. The van der Waals surface area contributed by atoms with Gasteiger partial charge in [0.05, 0.1) is 6.61 Å². The summed E-state index contributed by atoms with van der Waals surface area (Å²) in [5, 5.41) is 5.86. The number of aromatic nitrogens is 3. The van der Waals surface area contributed by atoms with Crippen molar-refractivity contribution in [3.8, 4) is 0 Å². The third-order valence-electron chi connectivity index (χ3n) is 2.76. The van der Waals surface area contributed by atoms with Gasteiger partial charge in [0.25, 0.3) is 5.91 Å². The van der Waals surface area contributed by atoms with Crippen LogP contribution in [0.4, 0.5) is 13.2 Å². The molecule has 0 aliphatic heterocycles. The first-order valence-corrected chi connectivity index (χ1v) is 6.53. The van der Waals surface area contributed by atoms with Gasteiger partial charge in [-0.1, -0.05) is 11.6 Å². The number of methoxy groups -OCH3 is 1. The number of aryl methyl sites for hydroxylation is 1. The number of fused-ring (bicyclic) bond motifs is 1. The van der Waals surface area contributed by atoms with E-state index in [2.05, 4.69) is 15.4 Å². The molecule has 2 aromatic heterocycles. The molecule has 10 heteroatoms. The van der Waals surface area contributed by atoms with Crippen molar-refractivity contribution >= 4 is 23.2 Å². The Bertz CT molecular complexity index is 714. The Hall–Kier alpha value is -1.87. The molecule has 0 aliphatic rings. The average molecular weight is 337 g/mol. The Morgan fingerprint density at radius 3 is 2.77 bits per heavy atom. The molecule has 0 atom stereocenters. The average Bonchev–Trinajstić information content (AvgIpc) is 2.75. The Morgan fingerprint density at radius 1 is 1.50 bits per heavy atom. The quantitative estimate of drug-likeness (QED) is 0.868. The maximum absolute atomic E-state index is 13.0. The van der Waals surface area contributed by atoms with E-state index in [1.54, 1.807) is 0 Å². The third kappa shape index (κ3) is 3.14. The van der Waals surface area contributed by atoms with E-state index in [0.717, 1.165) is 6.07 Å². The summed E-state index contributed by atoms with van der Waals surface area (Å²) >= 11 is 5.95. The fraction of sp³-hybridized carbons (Fsp3) is 0.417. The molecular weight excluding hydrogens is 325 g/mol. The molecule has 0 fully saturated rings. The molecule has 22 heavy (non-hydrogen) atoms. The summed E-state index contributed by atoms with van der Waals surface area (Å²) in [5.41, 5.74) is -1.46. The van der Waals surface area contributed by atoms with Crippen LogP contribution >= 0.6 is 11.6 Å². The number of ether oxygens (including phenoxy) is 1. The van der Waals surface area contributed by atoms with Crippen molar-refractivity contribution in [2.24, 2.45) is 0 Å². The molecule has 1 N–H and O–H groups in total. The van der Waals surface area contributed by atoms with Crippen LogP contribution < -0.4 is 5.32 Å². The van der Waals surface area contributed by atoms with Crippen molar-refractivity contribution in [2.45, 2.75) is 13.1 Å². The molecule has 1 amide bonds. The van der Waals surface area contributed by atoms with E-state index in [1.165, 1.54) is 14.0 Å². The lowest BCUT2D eigenvalue weighted by atomic mass is 10.3. The number of hydrogen-bond acceptors (Lipinski definition) is 4. The number of nitrogens with one attached hydrogen (secondary N) is 1. The molecule has 0 aliphatic carbocycles. The summed E-state index contributed by atoms with van der Waals surface area (Å²) in [6.45, 7) is 1.83. The van der Waals surface area contributed by atoms with Crippen LogP contribution in [0.15, 0.2) is 6.07 Å².